The van der Waals surface area contributed by atoms with Gasteiger partial charge in [-0.1, -0.05) is 19.3 Å². The molecule has 1 saturated carbocycles. The molecule has 0 aromatic heterocycles. The molecule has 0 bridgehead atoms. The molecule has 0 unspecified atom stereocenters. The highest BCUT2D eigenvalue weighted by atomic mass is 32.2. The van der Waals surface area contributed by atoms with Crippen LogP contribution in [0, 0.1) is 0 Å². The summed E-state index contributed by atoms with van der Waals surface area (Å²) in [7, 11) is 0. The lowest BCUT2D eigenvalue weighted by Gasteiger charge is -2.32. The molecule has 0 radical (unpaired) electrons. The lowest BCUT2D eigenvalue weighted by molar-refractivity contribution is -0.238. The van der Waals surface area contributed by atoms with Crippen molar-refractivity contribution >= 4 is 11.8 Å². The zero-order valence-electron chi connectivity index (χ0n) is 10.3. The SMILES string of the molecule is CSCCOC(C)(C)OC1CCCCC1. The van der Waals surface area contributed by atoms with Gasteiger partial charge in [0.2, 0.25) is 0 Å². The van der Waals surface area contributed by atoms with E-state index in [1.54, 1.807) is 0 Å². The van der Waals surface area contributed by atoms with Gasteiger partial charge < -0.3 is 9.47 Å². The third-order valence-electron chi connectivity index (χ3n) is 2.74. The summed E-state index contributed by atoms with van der Waals surface area (Å²) in [5.74, 6) is 0.634. The number of thioether (sulfide) groups is 1. The third-order valence-corrected chi connectivity index (χ3v) is 3.31. The Morgan fingerprint density at radius 1 is 1.20 bits per heavy atom. The molecule has 0 amide bonds. The quantitative estimate of drug-likeness (QED) is 0.516. The minimum absolute atomic E-state index is 0.405. The van der Waals surface area contributed by atoms with Crippen LogP contribution in [0.3, 0.4) is 0 Å². The van der Waals surface area contributed by atoms with Crippen LogP contribution in [0.2, 0.25) is 0 Å². The van der Waals surface area contributed by atoms with Crippen molar-refractivity contribution in [3.8, 4) is 0 Å². The van der Waals surface area contributed by atoms with E-state index in [2.05, 4.69) is 6.26 Å². The van der Waals surface area contributed by atoms with E-state index < -0.39 is 5.79 Å². The van der Waals surface area contributed by atoms with Crippen LogP contribution >= 0.6 is 11.8 Å². The lowest BCUT2D eigenvalue weighted by atomic mass is 9.97. The fourth-order valence-electron chi connectivity index (χ4n) is 1.99. The van der Waals surface area contributed by atoms with Crippen LogP contribution in [0.4, 0.5) is 0 Å². The molecule has 90 valence electrons. The predicted molar refractivity (Wildman–Crippen MR) is 66.4 cm³/mol. The van der Waals surface area contributed by atoms with E-state index in [0.717, 1.165) is 12.4 Å². The topological polar surface area (TPSA) is 18.5 Å². The van der Waals surface area contributed by atoms with Crippen molar-refractivity contribution in [1.82, 2.24) is 0 Å². The summed E-state index contributed by atoms with van der Waals surface area (Å²) in [5.41, 5.74) is 0. The fourth-order valence-corrected chi connectivity index (χ4v) is 2.24. The molecule has 0 atom stereocenters. The standard InChI is InChI=1S/C12H24O2S/c1-12(2,13-9-10-15-3)14-11-7-5-4-6-8-11/h11H,4-10H2,1-3H3. The van der Waals surface area contributed by atoms with Crippen molar-refractivity contribution in [2.24, 2.45) is 0 Å². The first-order valence-electron chi connectivity index (χ1n) is 5.95. The van der Waals surface area contributed by atoms with E-state index in [1.165, 1.54) is 32.1 Å². The summed E-state index contributed by atoms with van der Waals surface area (Å²) in [6.45, 7) is 4.84. The van der Waals surface area contributed by atoms with Gasteiger partial charge in [0.15, 0.2) is 5.79 Å². The van der Waals surface area contributed by atoms with Crippen LogP contribution < -0.4 is 0 Å². The Kier molecular flexibility index (Phi) is 6.02. The summed E-state index contributed by atoms with van der Waals surface area (Å²) in [6.07, 6.45) is 8.91. The molecular formula is C12H24O2S. The highest BCUT2D eigenvalue weighted by Crippen LogP contribution is 2.25. The molecule has 15 heavy (non-hydrogen) atoms. The van der Waals surface area contributed by atoms with E-state index in [4.69, 9.17) is 9.47 Å². The van der Waals surface area contributed by atoms with Gasteiger partial charge in [-0.25, -0.2) is 0 Å². The molecule has 0 spiro atoms. The van der Waals surface area contributed by atoms with Crippen molar-refractivity contribution in [3.63, 3.8) is 0 Å². The molecule has 1 aliphatic rings. The maximum atomic E-state index is 5.99. The zero-order chi connectivity index (χ0) is 11.1. The van der Waals surface area contributed by atoms with Crippen LogP contribution in [0.25, 0.3) is 0 Å². The third kappa shape index (κ3) is 5.79. The number of ether oxygens (including phenoxy) is 2. The van der Waals surface area contributed by atoms with Gasteiger partial charge in [0.25, 0.3) is 0 Å². The smallest absolute Gasteiger partial charge is 0.163 e. The van der Waals surface area contributed by atoms with Crippen LogP contribution in [0.1, 0.15) is 46.0 Å². The first-order valence-corrected chi connectivity index (χ1v) is 7.34. The molecule has 1 aliphatic carbocycles. The van der Waals surface area contributed by atoms with Gasteiger partial charge in [0, 0.05) is 5.75 Å². The Labute approximate surface area is 98.1 Å². The van der Waals surface area contributed by atoms with Gasteiger partial charge in [0.1, 0.15) is 0 Å². The average Bonchev–Trinajstić information content (AvgIpc) is 2.18. The Balaban J connectivity index is 2.20. The molecule has 2 nitrogen and oxygen atoms in total. The fraction of sp³-hybridized carbons (Fsp3) is 1.00. The van der Waals surface area contributed by atoms with Crippen molar-refractivity contribution < 1.29 is 9.47 Å². The van der Waals surface area contributed by atoms with Crippen molar-refractivity contribution in [2.45, 2.75) is 57.8 Å². The van der Waals surface area contributed by atoms with E-state index >= 15 is 0 Å². The second-order valence-electron chi connectivity index (χ2n) is 4.62. The van der Waals surface area contributed by atoms with Crippen molar-refractivity contribution in [3.05, 3.63) is 0 Å². The Hall–Kier alpha value is 0.270. The summed E-state index contributed by atoms with van der Waals surface area (Å²) in [4.78, 5) is 0. The molecule has 3 heteroatoms. The van der Waals surface area contributed by atoms with E-state index in [1.807, 2.05) is 25.6 Å². The minimum Gasteiger partial charge on any atom is -0.350 e. The molecule has 0 saturated heterocycles. The van der Waals surface area contributed by atoms with E-state index in [0.29, 0.717) is 6.10 Å². The van der Waals surface area contributed by atoms with Crippen LogP contribution in [0.5, 0.6) is 0 Å². The summed E-state index contributed by atoms with van der Waals surface area (Å²) >= 11 is 1.81. The molecule has 1 fully saturated rings. The second-order valence-corrected chi connectivity index (χ2v) is 5.60. The first kappa shape index (κ1) is 13.3. The molecule has 0 aromatic carbocycles. The molecule has 1 rings (SSSR count). The average molecular weight is 232 g/mol. The number of rotatable bonds is 6. The maximum Gasteiger partial charge on any atom is 0.163 e. The van der Waals surface area contributed by atoms with Crippen LogP contribution in [0.15, 0.2) is 0 Å². The summed E-state index contributed by atoms with van der Waals surface area (Å²) < 4.78 is 11.7. The van der Waals surface area contributed by atoms with Crippen LogP contribution in [-0.2, 0) is 9.47 Å². The number of hydrogen-bond acceptors (Lipinski definition) is 3. The normalized spacial score (nSPS) is 19.4. The van der Waals surface area contributed by atoms with Gasteiger partial charge in [-0.15, -0.1) is 0 Å². The Morgan fingerprint density at radius 3 is 2.47 bits per heavy atom. The lowest BCUT2D eigenvalue weighted by Crippen LogP contribution is -2.35. The largest absolute Gasteiger partial charge is 0.350 e. The second kappa shape index (κ2) is 6.77. The highest BCUT2D eigenvalue weighted by molar-refractivity contribution is 7.98. The van der Waals surface area contributed by atoms with Gasteiger partial charge in [0.05, 0.1) is 12.7 Å². The van der Waals surface area contributed by atoms with Crippen molar-refractivity contribution in [2.75, 3.05) is 18.6 Å². The highest BCUT2D eigenvalue weighted by Gasteiger charge is 2.25. The number of hydrogen-bond donors (Lipinski definition) is 0. The van der Waals surface area contributed by atoms with Gasteiger partial charge in [-0.2, -0.15) is 11.8 Å². The monoisotopic (exact) mass is 232 g/mol. The maximum absolute atomic E-state index is 5.99. The Bertz CT molecular complexity index is 165. The van der Waals surface area contributed by atoms with Crippen molar-refractivity contribution in [1.29, 1.82) is 0 Å². The van der Waals surface area contributed by atoms with Gasteiger partial charge in [-0.3, -0.25) is 0 Å². The molecular weight excluding hydrogens is 208 g/mol. The first-order chi connectivity index (χ1) is 7.14. The molecule has 0 N–H and O–H groups in total. The molecule has 0 heterocycles. The summed E-state index contributed by atoms with van der Waals surface area (Å²) in [5, 5.41) is 0. The minimum atomic E-state index is -0.405. The zero-order valence-corrected chi connectivity index (χ0v) is 11.1. The molecule has 0 aromatic rings. The van der Waals surface area contributed by atoms with Gasteiger partial charge >= 0.3 is 0 Å². The Morgan fingerprint density at radius 2 is 1.87 bits per heavy atom. The van der Waals surface area contributed by atoms with E-state index in [-0.39, 0.29) is 0 Å². The summed E-state index contributed by atoms with van der Waals surface area (Å²) in [6, 6.07) is 0. The van der Waals surface area contributed by atoms with Gasteiger partial charge in [-0.05, 0) is 32.9 Å². The van der Waals surface area contributed by atoms with E-state index in [9.17, 15) is 0 Å². The predicted octanol–water partition coefficient (Wildman–Crippen LogP) is 3.45. The molecule has 0 aliphatic heterocycles. The van der Waals surface area contributed by atoms with Crippen LogP contribution in [-0.4, -0.2) is 30.5 Å².